The molecule has 2 rings (SSSR count). The van der Waals surface area contributed by atoms with E-state index >= 15 is 0 Å². The zero-order valence-corrected chi connectivity index (χ0v) is 31.0. The van der Waals surface area contributed by atoms with E-state index in [0.717, 1.165) is 45.2 Å². The Bertz CT molecular complexity index is 751. The fraction of sp³-hybridized carbons (Fsp3) is 0.814. The van der Waals surface area contributed by atoms with Crippen molar-refractivity contribution in [1.29, 1.82) is 0 Å². The van der Waals surface area contributed by atoms with Crippen molar-refractivity contribution in [3.05, 3.63) is 48.6 Å². The van der Waals surface area contributed by atoms with Gasteiger partial charge in [0.05, 0.1) is 12.2 Å². The summed E-state index contributed by atoms with van der Waals surface area (Å²) in [7, 11) is 2.23. The number of fused-ring (bicyclic) bond motifs is 1. The van der Waals surface area contributed by atoms with Gasteiger partial charge in [-0.2, -0.15) is 0 Å². The van der Waals surface area contributed by atoms with Crippen molar-refractivity contribution >= 4 is 0 Å². The Morgan fingerprint density at radius 2 is 0.891 bits per heavy atom. The first-order valence-electron chi connectivity index (χ1n) is 20.3. The van der Waals surface area contributed by atoms with E-state index in [4.69, 9.17) is 9.47 Å². The summed E-state index contributed by atoms with van der Waals surface area (Å²) in [6, 6.07) is 0. The molecule has 0 N–H and O–H groups in total. The lowest BCUT2D eigenvalue weighted by atomic mass is 9.98. The van der Waals surface area contributed by atoms with Gasteiger partial charge in [0, 0.05) is 25.9 Å². The molecular formula is C43H77NO2. The van der Waals surface area contributed by atoms with Crippen LogP contribution in [-0.4, -0.2) is 43.0 Å². The quantitative estimate of drug-likeness (QED) is 0.0576. The molecule has 0 aromatic rings. The van der Waals surface area contributed by atoms with Crippen LogP contribution in [0.2, 0.25) is 0 Å². The normalized spacial score (nSPS) is 22.4. The standard InChI is InChI=1S/C43H77NO2/c1-4-6-8-10-12-14-16-18-20-22-24-26-28-30-32-34-37-43(45-41-36-39-44(3)40-42(41)46-43)38-35-33-31-29-27-25-23-21-19-17-15-13-11-9-7-5-2/h12-15,18-21,41-42H,4-11,16-17,22-40H2,1-3H3/t41-,42+,43?/m1/s1. The van der Waals surface area contributed by atoms with Crippen LogP contribution in [0.5, 0.6) is 0 Å². The molecule has 2 aliphatic heterocycles. The van der Waals surface area contributed by atoms with E-state index in [0.29, 0.717) is 6.10 Å². The number of piperidine rings is 1. The van der Waals surface area contributed by atoms with Gasteiger partial charge in [-0.25, -0.2) is 0 Å². The first-order chi connectivity index (χ1) is 22.7. The molecule has 46 heavy (non-hydrogen) atoms. The van der Waals surface area contributed by atoms with Crippen LogP contribution in [0.25, 0.3) is 0 Å². The predicted octanol–water partition coefficient (Wildman–Crippen LogP) is 13.2. The van der Waals surface area contributed by atoms with Crippen molar-refractivity contribution in [1.82, 2.24) is 4.90 Å². The van der Waals surface area contributed by atoms with Crippen LogP contribution in [0, 0.1) is 0 Å². The summed E-state index contributed by atoms with van der Waals surface area (Å²) in [5, 5.41) is 0. The average Bonchev–Trinajstić information content (AvgIpc) is 3.41. The van der Waals surface area contributed by atoms with E-state index in [1.54, 1.807) is 0 Å². The molecule has 2 fully saturated rings. The molecule has 0 aliphatic carbocycles. The molecule has 3 nitrogen and oxygen atoms in total. The van der Waals surface area contributed by atoms with Crippen molar-refractivity contribution in [3.8, 4) is 0 Å². The lowest BCUT2D eigenvalue weighted by Gasteiger charge is -2.29. The number of allylic oxidation sites excluding steroid dienone is 8. The van der Waals surface area contributed by atoms with Crippen LogP contribution in [0.1, 0.15) is 187 Å². The number of likely N-dealkylation sites (N-methyl/N-ethyl adjacent to an activating group) is 1. The Kier molecular flexibility index (Phi) is 25.7. The SMILES string of the molecule is CCCCCC=CCC=CCCCCCCCCC1(CCCCCCCCC=CCC=CCCCCC)O[C@H]2CN(C)CC[C@H]2O1. The summed E-state index contributed by atoms with van der Waals surface area (Å²) in [6.07, 6.45) is 53.8. The van der Waals surface area contributed by atoms with Crippen LogP contribution in [0.3, 0.4) is 0 Å². The summed E-state index contributed by atoms with van der Waals surface area (Å²) >= 11 is 0. The van der Waals surface area contributed by atoms with Gasteiger partial charge >= 0.3 is 0 Å². The van der Waals surface area contributed by atoms with Crippen LogP contribution < -0.4 is 0 Å². The van der Waals surface area contributed by atoms with Crippen LogP contribution >= 0.6 is 0 Å². The largest absolute Gasteiger partial charge is 0.344 e. The summed E-state index contributed by atoms with van der Waals surface area (Å²) in [5.41, 5.74) is 0. The van der Waals surface area contributed by atoms with Gasteiger partial charge in [0.1, 0.15) is 0 Å². The topological polar surface area (TPSA) is 21.7 Å². The number of unbranched alkanes of at least 4 members (excludes halogenated alkanes) is 18. The zero-order valence-electron chi connectivity index (χ0n) is 31.0. The number of nitrogens with zero attached hydrogens (tertiary/aromatic N) is 1. The van der Waals surface area contributed by atoms with E-state index in [-0.39, 0.29) is 11.9 Å². The maximum atomic E-state index is 6.78. The predicted molar refractivity (Wildman–Crippen MR) is 203 cm³/mol. The first kappa shape index (κ1) is 41.0. The molecular weight excluding hydrogens is 562 g/mol. The highest BCUT2D eigenvalue weighted by molar-refractivity contribution is 4.94. The van der Waals surface area contributed by atoms with E-state index in [2.05, 4.69) is 74.4 Å². The van der Waals surface area contributed by atoms with Gasteiger partial charge in [0.25, 0.3) is 0 Å². The Morgan fingerprint density at radius 1 is 0.500 bits per heavy atom. The Morgan fingerprint density at radius 3 is 1.35 bits per heavy atom. The summed E-state index contributed by atoms with van der Waals surface area (Å²) in [4.78, 5) is 2.42. The number of ether oxygens (including phenoxy) is 2. The third-order valence-electron chi connectivity index (χ3n) is 9.95. The van der Waals surface area contributed by atoms with Crippen molar-refractivity contribution in [2.24, 2.45) is 0 Å². The summed E-state index contributed by atoms with van der Waals surface area (Å²) < 4.78 is 13.6. The maximum absolute atomic E-state index is 6.78. The van der Waals surface area contributed by atoms with Gasteiger partial charge in [-0.05, 0) is 90.5 Å². The fourth-order valence-electron chi connectivity index (χ4n) is 7.00. The van der Waals surface area contributed by atoms with Gasteiger partial charge in [-0.3, -0.25) is 0 Å². The molecule has 3 heteroatoms. The van der Waals surface area contributed by atoms with Crippen molar-refractivity contribution in [3.63, 3.8) is 0 Å². The van der Waals surface area contributed by atoms with Crippen molar-refractivity contribution in [2.45, 2.75) is 205 Å². The van der Waals surface area contributed by atoms with Crippen LogP contribution in [0.4, 0.5) is 0 Å². The second-order valence-electron chi connectivity index (χ2n) is 14.4. The van der Waals surface area contributed by atoms with Gasteiger partial charge in [0.15, 0.2) is 5.79 Å². The summed E-state index contributed by atoms with van der Waals surface area (Å²) in [6.45, 7) is 6.70. The van der Waals surface area contributed by atoms with Gasteiger partial charge in [0.2, 0.25) is 0 Å². The highest BCUT2D eigenvalue weighted by Crippen LogP contribution is 2.40. The minimum Gasteiger partial charge on any atom is -0.344 e. The molecule has 0 aromatic carbocycles. The van der Waals surface area contributed by atoms with E-state index in [1.165, 1.54) is 141 Å². The first-order valence-corrected chi connectivity index (χ1v) is 20.3. The van der Waals surface area contributed by atoms with Crippen LogP contribution in [-0.2, 0) is 9.47 Å². The lowest BCUT2D eigenvalue weighted by Crippen LogP contribution is -2.43. The molecule has 2 saturated heterocycles. The Hall–Kier alpha value is -1.16. The van der Waals surface area contributed by atoms with E-state index < -0.39 is 0 Å². The molecule has 0 saturated carbocycles. The second-order valence-corrected chi connectivity index (χ2v) is 14.4. The highest BCUT2D eigenvalue weighted by Gasteiger charge is 2.48. The lowest BCUT2D eigenvalue weighted by molar-refractivity contribution is -0.185. The van der Waals surface area contributed by atoms with Gasteiger partial charge in [-0.1, -0.05) is 140 Å². The zero-order chi connectivity index (χ0) is 32.8. The minimum atomic E-state index is -0.314. The minimum absolute atomic E-state index is 0.271. The monoisotopic (exact) mass is 640 g/mol. The van der Waals surface area contributed by atoms with Gasteiger partial charge in [-0.15, -0.1) is 0 Å². The van der Waals surface area contributed by atoms with E-state index in [9.17, 15) is 0 Å². The molecule has 0 amide bonds. The number of rotatable bonds is 30. The number of likely N-dealkylation sites (tertiary alicyclic amines) is 1. The third kappa shape index (κ3) is 20.9. The smallest absolute Gasteiger partial charge is 0.169 e. The second kappa shape index (κ2) is 28.8. The van der Waals surface area contributed by atoms with Crippen molar-refractivity contribution in [2.75, 3.05) is 20.1 Å². The molecule has 0 bridgehead atoms. The van der Waals surface area contributed by atoms with Gasteiger partial charge < -0.3 is 14.4 Å². The third-order valence-corrected chi connectivity index (χ3v) is 9.95. The highest BCUT2D eigenvalue weighted by atomic mass is 16.8. The van der Waals surface area contributed by atoms with Crippen molar-refractivity contribution < 1.29 is 9.47 Å². The summed E-state index contributed by atoms with van der Waals surface area (Å²) in [5.74, 6) is -0.314. The molecule has 0 unspecified atom stereocenters. The fourth-order valence-corrected chi connectivity index (χ4v) is 7.00. The molecule has 266 valence electrons. The molecule has 2 aliphatic rings. The number of hydrogen-bond donors (Lipinski definition) is 0. The molecule has 2 heterocycles. The Labute approximate surface area is 287 Å². The molecule has 0 radical (unpaired) electrons. The maximum Gasteiger partial charge on any atom is 0.169 e. The molecule has 0 aromatic heterocycles. The Balaban J connectivity index is 1.53. The molecule has 2 atom stereocenters. The van der Waals surface area contributed by atoms with Crippen LogP contribution in [0.15, 0.2) is 48.6 Å². The number of hydrogen-bond acceptors (Lipinski definition) is 3. The average molecular weight is 640 g/mol. The molecule has 0 spiro atoms. The van der Waals surface area contributed by atoms with E-state index in [1.807, 2.05) is 0 Å².